The highest BCUT2D eigenvalue weighted by Crippen LogP contribution is 2.22. The molecule has 1 N–H and O–H groups in total. The summed E-state index contributed by atoms with van der Waals surface area (Å²) in [6.45, 7) is 0. The maximum atomic E-state index is 11.3. The van der Waals surface area contributed by atoms with Crippen LogP contribution in [0.2, 0.25) is 0 Å². The van der Waals surface area contributed by atoms with Crippen LogP contribution in [0.5, 0.6) is 0 Å². The SMILES string of the molecule is O=C(O)c1cn(-c2ncccn2)nc1-c1ccncc1. The van der Waals surface area contributed by atoms with E-state index in [1.807, 2.05) is 0 Å². The van der Waals surface area contributed by atoms with Crippen LogP contribution in [-0.4, -0.2) is 35.8 Å². The normalized spacial score (nSPS) is 10.4. The molecule has 3 heterocycles. The highest BCUT2D eigenvalue weighted by molar-refractivity contribution is 5.94. The number of hydrogen-bond acceptors (Lipinski definition) is 5. The molecular weight excluding hydrogens is 258 g/mol. The Morgan fingerprint density at radius 3 is 2.45 bits per heavy atom. The lowest BCUT2D eigenvalue weighted by Gasteiger charge is -1.98. The van der Waals surface area contributed by atoms with E-state index in [2.05, 4.69) is 20.1 Å². The van der Waals surface area contributed by atoms with Crippen LogP contribution in [0.3, 0.4) is 0 Å². The van der Waals surface area contributed by atoms with Gasteiger partial charge in [0.05, 0.1) is 0 Å². The van der Waals surface area contributed by atoms with Crippen molar-refractivity contribution in [2.75, 3.05) is 0 Å². The first-order chi connectivity index (χ1) is 9.75. The number of carboxylic acid groups (broad SMARTS) is 1. The molecule has 20 heavy (non-hydrogen) atoms. The highest BCUT2D eigenvalue weighted by atomic mass is 16.4. The summed E-state index contributed by atoms with van der Waals surface area (Å²) in [5.74, 6) is -0.741. The van der Waals surface area contributed by atoms with Gasteiger partial charge < -0.3 is 5.11 Å². The second-order valence-electron chi connectivity index (χ2n) is 3.93. The first kappa shape index (κ1) is 12.0. The van der Waals surface area contributed by atoms with Gasteiger partial charge in [-0.3, -0.25) is 4.98 Å². The molecule has 0 fully saturated rings. The van der Waals surface area contributed by atoms with Crippen molar-refractivity contribution in [2.24, 2.45) is 0 Å². The third kappa shape index (κ3) is 2.12. The van der Waals surface area contributed by atoms with Gasteiger partial charge in [0, 0.05) is 36.5 Å². The molecule has 0 aliphatic rings. The molecule has 0 aliphatic carbocycles. The van der Waals surface area contributed by atoms with Crippen LogP contribution in [0.4, 0.5) is 0 Å². The average Bonchev–Trinajstić information content (AvgIpc) is 2.94. The number of nitrogens with zero attached hydrogens (tertiary/aromatic N) is 5. The van der Waals surface area contributed by atoms with Gasteiger partial charge in [0.2, 0.25) is 5.95 Å². The average molecular weight is 267 g/mol. The molecule has 7 heteroatoms. The minimum absolute atomic E-state index is 0.0867. The first-order valence-electron chi connectivity index (χ1n) is 5.76. The quantitative estimate of drug-likeness (QED) is 0.771. The molecule has 3 aromatic rings. The Kier molecular flexibility index (Phi) is 2.92. The number of carboxylic acids is 1. The summed E-state index contributed by atoms with van der Waals surface area (Å²) in [6, 6.07) is 5.07. The Balaban J connectivity index is 2.15. The van der Waals surface area contributed by atoms with Crippen LogP contribution in [-0.2, 0) is 0 Å². The predicted octanol–water partition coefficient (Wildman–Crippen LogP) is 1.42. The zero-order chi connectivity index (χ0) is 13.9. The molecule has 0 atom stereocenters. The second-order valence-corrected chi connectivity index (χ2v) is 3.93. The molecule has 0 saturated heterocycles. The summed E-state index contributed by atoms with van der Waals surface area (Å²) in [4.78, 5) is 23.3. The lowest BCUT2D eigenvalue weighted by molar-refractivity contribution is 0.0697. The topological polar surface area (TPSA) is 93.8 Å². The van der Waals surface area contributed by atoms with Gasteiger partial charge in [-0.25, -0.2) is 19.4 Å². The Morgan fingerprint density at radius 2 is 1.80 bits per heavy atom. The van der Waals surface area contributed by atoms with Crippen molar-refractivity contribution in [1.82, 2.24) is 24.7 Å². The Bertz CT molecular complexity index is 740. The molecule has 3 rings (SSSR count). The monoisotopic (exact) mass is 267 g/mol. The molecule has 0 aliphatic heterocycles. The molecule has 98 valence electrons. The fourth-order valence-electron chi connectivity index (χ4n) is 1.77. The second kappa shape index (κ2) is 4.88. The van der Waals surface area contributed by atoms with Gasteiger partial charge in [0.15, 0.2) is 0 Å². The van der Waals surface area contributed by atoms with Crippen molar-refractivity contribution >= 4 is 5.97 Å². The van der Waals surface area contributed by atoms with Crippen molar-refractivity contribution < 1.29 is 9.90 Å². The van der Waals surface area contributed by atoms with Gasteiger partial charge in [-0.05, 0) is 18.2 Å². The highest BCUT2D eigenvalue weighted by Gasteiger charge is 2.18. The van der Waals surface area contributed by atoms with Gasteiger partial charge in [0.25, 0.3) is 0 Å². The van der Waals surface area contributed by atoms with E-state index >= 15 is 0 Å². The van der Waals surface area contributed by atoms with Crippen LogP contribution >= 0.6 is 0 Å². The van der Waals surface area contributed by atoms with E-state index in [0.717, 1.165) is 0 Å². The fourth-order valence-corrected chi connectivity index (χ4v) is 1.77. The molecule has 0 bridgehead atoms. The zero-order valence-corrected chi connectivity index (χ0v) is 10.2. The number of hydrogen-bond donors (Lipinski definition) is 1. The van der Waals surface area contributed by atoms with E-state index in [-0.39, 0.29) is 5.56 Å². The van der Waals surface area contributed by atoms with Crippen molar-refractivity contribution in [3.8, 4) is 17.2 Å². The smallest absolute Gasteiger partial charge is 0.339 e. The third-order valence-electron chi connectivity index (χ3n) is 2.66. The molecule has 7 nitrogen and oxygen atoms in total. The van der Waals surface area contributed by atoms with E-state index in [1.54, 1.807) is 43.0 Å². The molecule has 0 aromatic carbocycles. The van der Waals surface area contributed by atoms with Gasteiger partial charge in [0.1, 0.15) is 11.3 Å². The Hall–Kier alpha value is -3.09. The van der Waals surface area contributed by atoms with Gasteiger partial charge in [-0.2, -0.15) is 5.10 Å². The fraction of sp³-hybridized carbons (Fsp3) is 0. The van der Waals surface area contributed by atoms with Crippen molar-refractivity contribution in [3.63, 3.8) is 0 Å². The summed E-state index contributed by atoms with van der Waals surface area (Å²) in [6.07, 6.45) is 7.69. The summed E-state index contributed by atoms with van der Waals surface area (Å²) < 4.78 is 1.35. The number of rotatable bonds is 3. The van der Waals surface area contributed by atoms with E-state index < -0.39 is 5.97 Å². The molecule has 0 unspecified atom stereocenters. The van der Waals surface area contributed by atoms with Gasteiger partial charge >= 0.3 is 5.97 Å². The molecular formula is C13H9N5O2. The standard InChI is InChI=1S/C13H9N5O2/c19-12(20)10-8-18(13-15-4-1-5-16-13)17-11(10)9-2-6-14-7-3-9/h1-8H,(H,19,20). The first-order valence-corrected chi connectivity index (χ1v) is 5.76. The van der Waals surface area contributed by atoms with Crippen LogP contribution in [0.1, 0.15) is 10.4 Å². The summed E-state index contributed by atoms with van der Waals surface area (Å²) in [5.41, 5.74) is 1.11. The molecule has 0 saturated carbocycles. The number of carbonyl (C=O) groups is 1. The molecule has 0 radical (unpaired) electrons. The largest absolute Gasteiger partial charge is 0.478 e. The molecule has 3 aromatic heterocycles. The number of aromatic carboxylic acids is 1. The lowest BCUT2D eigenvalue weighted by Crippen LogP contribution is -2.00. The third-order valence-corrected chi connectivity index (χ3v) is 2.66. The van der Waals surface area contributed by atoms with Gasteiger partial charge in [-0.1, -0.05) is 0 Å². The Labute approximate surface area is 113 Å². The van der Waals surface area contributed by atoms with Crippen LogP contribution < -0.4 is 0 Å². The minimum Gasteiger partial charge on any atom is -0.478 e. The number of pyridine rings is 1. The van der Waals surface area contributed by atoms with E-state index in [1.165, 1.54) is 10.9 Å². The van der Waals surface area contributed by atoms with Crippen molar-refractivity contribution in [2.45, 2.75) is 0 Å². The summed E-state index contributed by atoms with van der Waals surface area (Å²) >= 11 is 0. The Morgan fingerprint density at radius 1 is 1.10 bits per heavy atom. The summed E-state index contributed by atoms with van der Waals surface area (Å²) in [5, 5.41) is 13.5. The van der Waals surface area contributed by atoms with E-state index in [9.17, 15) is 9.90 Å². The van der Waals surface area contributed by atoms with E-state index in [4.69, 9.17) is 0 Å². The molecule has 0 amide bonds. The number of aromatic nitrogens is 5. The maximum Gasteiger partial charge on any atom is 0.339 e. The van der Waals surface area contributed by atoms with Crippen LogP contribution in [0, 0.1) is 0 Å². The summed E-state index contributed by atoms with van der Waals surface area (Å²) in [7, 11) is 0. The zero-order valence-electron chi connectivity index (χ0n) is 10.2. The minimum atomic E-state index is -1.06. The predicted molar refractivity (Wildman–Crippen MR) is 69.3 cm³/mol. The van der Waals surface area contributed by atoms with Crippen LogP contribution in [0.15, 0.2) is 49.2 Å². The van der Waals surface area contributed by atoms with Gasteiger partial charge in [-0.15, -0.1) is 0 Å². The van der Waals surface area contributed by atoms with Crippen LogP contribution in [0.25, 0.3) is 17.2 Å². The lowest BCUT2D eigenvalue weighted by atomic mass is 10.1. The molecule has 0 spiro atoms. The van der Waals surface area contributed by atoms with Crippen molar-refractivity contribution in [3.05, 3.63) is 54.7 Å². The van der Waals surface area contributed by atoms with Crippen molar-refractivity contribution in [1.29, 1.82) is 0 Å². The maximum absolute atomic E-state index is 11.3. The van der Waals surface area contributed by atoms with E-state index in [0.29, 0.717) is 17.2 Å².